The Labute approximate surface area is 188 Å². The van der Waals surface area contributed by atoms with Crippen LogP contribution >= 0.6 is 11.3 Å². The van der Waals surface area contributed by atoms with Crippen LogP contribution in [0.5, 0.6) is 0 Å². The van der Waals surface area contributed by atoms with E-state index in [0.29, 0.717) is 23.9 Å². The van der Waals surface area contributed by atoms with E-state index in [9.17, 15) is 9.59 Å². The number of carbonyl (C=O) groups is 2. The highest BCUT2D eigenvalue weighted by atomic mass is 32.1. The van der Waals surface area contributed by atoms with E-state index in [1.54, 1.807) is 17.0 Å². The van der Waals surface area contributed by atoms with Crippen molar-refractivity contribution in [3.8, 4) is 12.3 Å². The smallest absolute Gasteiger partial charge is 0.410 e. The summed E-state index contributed by atoms with van der Waals surface area (Å²) in [5.74, 6) is 2.88. The Morgan fingerprint density at radius 1 is 1.19 bits per heavy atom. The fraction of sp³-hybridized carbons (Fsp3) is 0.440. The Hall–Kier alpha value is -2.78. The number of amides is 2. The summed E-state index contributed by atoms with van der Waals surface area (Å²) in [7, 11) is 0. The summed E-state index contributed by atoms with van der Waals surface area (Å²) in [5.41, 5.74) is 0.594. The van der Waals surface area contributed by atoms with E-state index in [1.807, 2.05) is 51.1 Å². The first-order valence-electron chi connectivity index (χ1n) is 10.7. The number of piperidine rings is 1. The summed E-state index contributed by atoms with van der Waals surface area (Å²) in [4.78, 5) is 28.3. The number of nitrogens with one attached hydrogen (secondary N) is 1. The SMILES string of the molecule is C#Cc1ccc(C(=O)NC(CC2CCN(C(=O)OC(C)(C)C)CC2)c2ccccc2)s1. The lowest BCUT2D eigenvalue weighted by Crippen LogP contribution is -2.42. The highest BCUT2D eigenvalue weighted by Gasteiger charge is 2.29. The molecule has 2 heterocycles. The molecule has 0 radical (unpaired) electrons. The predicted molar refractivity (Wildman–Crippen MR) is 124 cm³/mol. The molecule has 0 aliphatic carbocycles. The van der Waals surface area contributed by atoms with Gasteiger partial charge in [0.2, 0.25) is 0 Å². The fourth-order valence-electron chi connectivity index (χ4n) is 3.74. The third-order valence-electron chi connectivity index (χ3n) is 5.31. The molecule has 164 valence electrons. The summed E-state index contributed by atoms with van der Waals surface area (Å²) < 4.78 is 5.49. The van der Waals surface area contributed by atoms with Crippen LogP contribution in [0.1, 0.15) is 66.2 Å². The Balaban J connectivity index is 1.63. The van der Waals surface area contributed by atoms with Crippen LogP contribution in [0, 0.1) is 18.3 Å². The van der Waals surface area contributed by atoms with Crippen molar-refractivity contribution in [2.75, 3.05) is 13.1 Å². The number of ether oxygens (including phenoxy) is 1. The lowest BCUT2D eigenvalue weighted by Gasteiger charge is -2.35. The molecule has 1 N–H and O–H groups in total. The van der Waals surface area contributed by atoms with Gasteiger partial charge in [-0.2, -0.15) is 0 Å². The van der Waals surface area contributed by atoms with Crippen molar-refractivity contribution in [2.24, 2.45) is 5.92 Å². The average molecular weight is 439 g/mol. The molecule has 5 nitrogen and oxygen atoms in total. The van der Waals surface area contributed by atoms with Crippen molar-refractivity contribution < 1.29 is 14.3 Å². The van der Waals surface area contributed by atoms with Crippen LogP contribution in [0.4, 0.5) is 4.79 Å². The lowest BCUT2D eigenvalue weighted by molar-refractivity contribution is 0.0178. The van der Waals surface area contributed by atoms with Gasteiger partial charge < -0.3 is 15.0 Å². The summed E-state index contributed by atoms with van der Waals surface area (Å²) in [6, 6.07) is 13.5. The van der Waals surface area contributed by atoms with Crippen molar-refractivity contribution in [3.05, 3.63) is 57.8 Å². The van der Waals surface area contributed by atoms with Crippen LogP contribution in [0.25, 0.3) is 0 Å². The monoisotopic (exact) mass is 438 g/mol. The number of benzene rings is 1. The molecule has 1 fully saturated rings. The molecule has 1 aromatic carbocycles. The van der Waals surface area contributed by atoms with Gasteiger partial charge in [-0.15, -0.1) is 17.8 Å². The number of rotatable bonds is 5. The zero-order chi connectivity index (χ0) is 22.4. The topological polar surface area (TPSA) is 58.6 Å². The number of hydrogen-bond acceptors (Lipinski definition) is 4. The number of thiophene rings is 1. The molecule has 1 unspecified atom stereocenters. The molecule has 1 aliphatic rings. The fourth-order valence-corrected chi connectivity index (χ4v) is 4.46. The van der Waals surface area contributed by atoms with Crippen molar-refractivity contribution in [1.82, 2.24) is 10.2 Å². The van der Waals surface area contributed by atoms with Gasteiger partial charge in [0.25, 0.3) is 5.91 Å². The van der Waals surface area contributed by atoms with Crippen LogP contribution in [0.2, 0.25) is 0 Å². The maximum Gasteiger partial charge on any atom is 0.410 e. The van der Waals surface area contributed by atoms with Crippen molar-refractivity contribution in [2.45, 2.75) is 51.7 Å². The Kier molecular flexibility index (Phi) is 7.40. The van der Waals surface area contributed by atoms with Crippen molar-refractivity contribution in [3.63, 3.8) is 0 Å². The Bertz CT molecular complexity index is 932. The van der Waals surface area contributed by atoms with Crippen molar-refractivity contribution >= 4 is 23.3 Å². The normalized spacial score (nSPS) is 15.7. The van der Waals surface area contributed by atoms with E-state index >= 15 is 0 Å². The van der Waals surface area contributed by atoms with Gasteiger partial charge in [0, 0.05) is 13.1 Å². The maximum atomic E-state index is 12.8. The number of likely N-dealkylation sites (tertiary alicyclic amines) is 1. The molecule has 6 heteroatoms. The predicted octanol–water partition coefficient (Wildman–Crippen LogP) is 5.24. The van der Waals surface area contributed by atoms with E-state index < -0.39 is 5.60 Å². The van der Waals surface area contributed by atoms with E-state index in [0.717, 1.165) is 29.7 Å². The van der Waals surface area contributed by atoms with E-state index in [2.05, 4.69) is 11.2 Å². The highest BCUT2D eigenvalue weighted by Crippen LogP contribution is 2.30. The van der Waals surface area contributed by atoms with Crippen LogP contribution < -0.4 is 5.32 Å². The molecule has 1 saturated heterocycles. The Morgan fingerprint density at radius 3 is 2.45 bits per heavy atom. The van der Waals surface area contributed by atoms with Gasteiger partial charge in [0.15, 0.2) is 0 Å². The van der Waals surface area contributed by atoms with Crippen LogP contribution in [0.3, 0.4) is 0 Å². The molecule has 2 aromatic rings. The molecular formula is C25H30N2O3S. The summed E-state index contributed by atoms with van der Waals surface area (Å²) in [5, 5.41) is 3.20. The molecular weight excluding hydrogens is 408 g/mol. The second kappa shape index (κ2) is 10.0. The van der Waals surface area contributed by atoms with Crippen LogP contribution in [-0.2, 0) is 4.74 Å². The van der Waals surface area contributed by atoms with Gasteiger partial charge in [-0.25, -0.2) is 4.79 Å². The molecule has 0 bridgehead atoms. The minimum absolute atomic E-state index is 0.0943. The van der Waals surface area contributed by atoms with E-state index in [-0.39, 0.29) is 18.0 Å². The van der Waals surface area contributed by atoms with Crippen molar-refractivity contribution in [1.29, 1.82) is 0 Å². The number of hydrogen-bond donors (Lipinski definition) is 1. The summed E-state index contributed by atoms with van der Waals surface area (Å²) in [6.07, 6.45) is 7.79. The van der Waals surface area contributed by atoms with Gasteiger partial charge in [-0.1, -0.05) is 36.3 Å². The van der Waals surface area contributed by atoms with Gasteiger partial charge in [0.05, 0.1) is 15.8 Å². The first kappa shape index (κ1) is 22.9. The Morgan fingerprint density at radius 2 is 1.87 bits per heavy atom. The number of carbonyl (C=O) groups excluding carboxylic acids is 2. The molecule has 1 atom stereocenters. The number of terminal acetylenes is 1. The maximum absolute atomic E-state index is 12.8. The third-order valence-corrected chi connectivity index (χ3v) is 6.33. The molecule has 0 spiro atoms. The second-order valence-electron chi connectivity index (χ2n) is 8.89. The summed E-state index contributed by atoms with van der Waals surface area (Å²) in [6.45, 7) is 6.98. The van der Waals surface area contributed by atoms with Gasteiger partial charge in [-0.05, 0) is 63.6 Å². The molecule has 1 aromatic heterocycles. The molecule has 31 heavy (non-hydrogen) atoms. The minimum Gasteiger partial charge on any atom is -0.444 e. The molecule has 3 rings (SSSR count). The third kappa shape index (κ3) is 6.60. The van der Waals surface area contributed by atoms with Crippen LogP contribution in [0.15, 0.2) is 42.5 Å². The second-order valence-corrected chi connectivity index (χ2v) is 9.98. The summed E-state index contributed by atoms with van der Waals surface area (Å²) >= 11 is 1.33. The van der Waals surface area contributed by atoms with E-state index in [4.69, 9.17) is 11.2 Å². The largest absolute Gasteiger partial charge is 0.444 e. The molecule has 2 amide bonds. The number of nitrogens with zero attached hydrogens (tertiary/aromatic N) is 1. The first-order chi connectivity index (χ1) is 14.7. The van der Waals surface area contributed by atoms with Gasteiger partial charge in [0.1, 0.15) is 5.60 Å². The highest BCUT2D eigenvalue weighted by molar-refractivity contribution is 7.14. The minimum atomic E-state index is -0.488. The van der Waals surface area contributed by atoms with Crippen LogP contribution in [-0.4, -0.2) is 35.6 Å². The first-order valence-corrected chi connectivity index (χ1v) is 11.5. The molecule has 1 aliphatic heterocycles. The quantitative estimate of drug-likeness (QED) is 0.650. The molecule has 0 saturated carbocycles. The average Bonchev–Trinajstić information content (AvgIpc) is 3.23. The lowest BCUT2D eigenvalue weighted by atomic mass is 9.87. The van der Waals surface area contributed by atoms with Gasteiger partial charge >= 0.3 is 6.09 Å². The van der Waals surface area contributed by atoms with Gasteiger partial charge in [-0.3, -0.25) is 4.79 Å². The zero-order valence-corrected chi connectivity index (χ0v) is 19.2. The van der Waals surface area contributed by atoms with E-state index in [1.165, 1.54) is 11.3 Å². The zero-order valence-electron chi connectivity index (χ0n) is 18.4. The standard InChI is InChI=1S/C25H30N2O3S/c1-5-20-11-12-22(31-20)23(28)26-21(19-9-7-6-8-10-19)17-18-13-15-27(16-14-18)24(29)30-25(2,3)4/h1,6-12,18,21H,13-17H2,2-4H3,(H,26,28).